The number of hydrogen-bond acceptors (Lipinski definition) is 1. The molecule has 1 aliphatic heterocycles. The van der Waals surface area contributed by atoms with Crippen LogP contribution in [0, 0.1) is 11.6 Å². The van der Waals surface area contributed by atoms with Gasteiger partial charge < -0.3 is 4.74 Å². The van der Waals surface area contributed by atoms with E-state index in [1.54, 1.807) is 0 Å². The minimum absolute atomic E-state index is 0.327. The predicted molar refractivity (Wildman–Crippen MR) is 73.6 cm³/mol. The minimum Gasteiger partial charge on any atom is -0.372 e. The van der Waals surface area contributed by atoms with E-state index in [-0.39, 0.29) is 5.38 Å². The lowest BCUT2D eigenvalue weighted by Gasteiger charge is -2.12. The molecule has 20 heavy (non-hydrogen) atoms. The molecule has 1 atom stereocenters. The van der Waals surface area contributed by atoms with Crippen LogP contribution in [0.25, 0.3) is 0 Å². The highest BCUT2D eigenvalue weighted by atomic mass is 35.5. The summed E-state index contributed by atoms with van der Waals surface area (Å²) in [5.41, 5.74) is 3.65. The molecule has 1 unspecified atom stereocenters. The quantitative estimate of drug-likeness (QED) is 0.756. The van der Waals surface area contributed by atoms with Gasteiger partial charge in [-0.2, -0.15) is 0 Å². The van der Waals surface area contributed by atoms with Crippen LogP contribution in [0.15, 0.2) is 36.4 Å². The second-order valence-electron chi connectivity index (χ2n) is 4.93. The monoisotopic (exact) mass is 294 g/mol. The molecule has 2 aromatic rings. The summed E-state index contributed by atoms with van der Waals surface area (Å²) in [4.78, 5) is 0. The van der Waals surface area contributed by atoms with Gasteiger partial charge in [-0.05, 0) is 34.7 Å². The third-order valence-corrected chi connectivity index (χ3v) is 3.93. The summed E-state index contributed by atoms with van der Waals surface area (Å²) < 4.78 is 31.9. The van der Waals surface area contributed by atoms with E-state index in [1.807, 2.05) is 18.2 Å². The van der Waals surface area contributed by atoms with E-state index in [1.165, 1.54) is 17.7 Å². The number of halogens is 3. The van der Waals surface area contributed by atoms with Crippen molar-refractivity contribution < 1.29 is 13.5 Å². The largest absolute Gasteiger partial charge is 0.372 e. The van der Waals surface area contributed by atoms with Crippen molar-refractivity contribution in [3.05, 3.63) is 70.3 Å². The van der Waals surface area contributed by atoms with Crippen LogP contribution >= 0.6 is 11.6 Å². The second kappa shape index (κ2) is 5.51. The van der Waals surface area contributed by atoms with E-state index < -0.39 is 11.6 Å². The van der Waals surface area contributed by atoms with Crippen LogP contribution in [0.1, 0.15) is 27.6 Å². The normalized spacial score (nSPS) is 15.2. The van der Waals surface area contributed by atoms with Crippen LogP contribution in [-0.2, 0) is 24.4 Å². The van der Waals surface area contributed by atoms with Gasteiger partial charge in [0.2, 0.25) is 0 Å². The lowest BCUT2D eigenvalue weighted by atomic mass is 10.00. The Kier molecular flexibility index (Phi) is 3.72. The van der Waals surface area contributed by atoms with E-state index in [2.05, 4.69) is 0 Å². The first-order chi connectivity index (χ1) is 9.63. The average molecular weight is 295 g/mol. The molecule has 0 saturated heterocycles. The number of fused-ring (bicyclic) bond motifs is 1. The summed E-state index contributed by atoms with van der Waals surface area (Å²) in [6.45, 7) is 1.23. The Hall–Kier alpha value is -1.45. The van der Waals surface area contributed by atoms with Crippen molar-refractivity contribution in [2.24, 2.45) is 0 Å². The zero-order chi connectivity index (χ0) is 14.1. The molecule has 0 amide bonds. The highest BCUT2D eigenvalue weighted by Gasteiger charge is 2.16. The molecule has 2 aromatic carbocycles. The van der Waals surface area contributed by atoms with Crippen LogP contribution in [0.2, 0.25) is 0 Å². The first-order valence-corrected chi connectivity index (χ1v) is 6.84. The summed E-state index contributed by atoms with van der Waals surface area (Å²) in [5, 5.41) is -0.346. The van der Waals surface area contributed by atoms with Crippen molar-refractivity contribution in [1.82, 2.24) is 0 Å². The molecule has 0 aromatic heterocycles. The van der Waals surface area contributed by atoms with Crippen LogP contribution < -0.4 is 0 Å². The van der Waals surface area contributed by atoms with Crippen molar-refractivity contribution in [3.63, 3.8) is 0 Å². The fraction of sp³-hybridized carbons (Fsp3) is 0.250. The first-order valence-electron chi connectivity index (χ1n) is 6.41. The third-order valence-electron chi connectivity index (χ3n) is 3.52. The molecule has 104 valence electrons. The van der Waals surface area contributed by atoms with Gasteiger partial charge in [-0.25, -0.2) is 8.78 Å². The molecule has 1 heterocycles. The average Bonchev–Trinajstić information content (AvgIpc) is 2.89. The fourth-order valence-electron chi connectivity index (χ4n) is 2.38. The van der Waals surface area contributed by atoms with E-state index in [4.69, 9.17) is 16.3 Å². The fourth-order valence-corrected chi connectivity index (χ4v) is 2.69. The van der Waals surface area contributed by atoms with Gasteiger partial charge >= 0.3 is 0 Å². The van der Waals surface area contributed by atoms with Crippen molar-refractivity contribution >= 4 is 11.6 Å². The Morgan fingerprint density at radius 1 is 1.05 bits per heavy atom. The smallest absolute Gasteiger partial charge is 0.129 e. The molecule has 1 aliphatic rings. The van der Waals surface area contributed by atoms with Gasteiger partial charge in [0, 0.05) is 6.07 Å². The summed E-state index contributed by atoms with van der Waals surface area (Å²) in [5.74, 6) is -1.13. The molecule has 4 heteroatoms. The van der Waals surface area contributed by atoms with E-state index in [0.717, 1.165) is 17.2 Å². The van der Waals surface area contributed by atoms with Crippen molar-refractivity contribution in [2.75, 3.05) is 0 Å². The summed E-state index contributed by atoms with van der Waals surface area (Å²) in [7, 11) is 0. The molecule has 1 nitrogen and oxygen atoms in total. The number of ether oxygens (including phenoxy) is 1. The summed E-state index contributed by atoms with van der Waals surface area (Å²) in [6.07, 6.45) is 0.327. The molecule has 0 radical (unpaired) electrons. The maximum Gasteiger partial charge on any atom is 0.129 e. The molecule has 3 rings (SSSR count). The Morgan fingerprint density at radius 3 is 2.65 bits per heavy atom. The minimum atomic E-state index is -0.577. The maximum atomic E-state index is 13.6. The number of benzene rings is 2. The molecule has 0 aliphatic carbocycles. The zero-order valence-electron chi connectivity index (χ0n) is 10.7. The SMILES string of the molecule is Fc1ccc(CC(Cl)c2ccc3c(c2)COC3)c(F)c1. The standard InChI is InChI=1S/C16H13ClF2O/c17-15(6-11-3-4-14(18)7-16(11)19)10-1-2-12-8-20-9-13(12)5-10/h1-5,7,15H,6,8-9H2. The molecule has 0 saturated carbocycles. The van der Waals surface area contributed by atoms with Crippen molar-refractivity contribution in [1.29, 1.82) is 0 Å². The third kappa shape index (κ3) is 2.69. The molecular weight excluding hydrogens is 282 g/mol. The highest BCUT2D eigenvalue weighted by Crippen LogP contribution is 2.30. The maximum absolute atomic E-state index is 13.6. The topological polar surface area (TPSA) is 9.23 Å². The summed E-state index contributed by atoms with van der Waals surface area (Å²) in [6, 6.07) is 9.51. The molecule has 0 fully saturated rings. The molecule has 0 spiro atoms. The molecule has 0 N–H and O–H groups in total. The Bertz CT molecular complexity index is 642. The number of alkyl halides is 1. The first kappa shape index (κ1) is 13.5. The highest BCUT2D eigenvalue weighted by molar-refractivity contribution is 6.20. The zero-order valence-corrected chi connectivity index (χ0v) is 11.5. The number of hydrogen-bond donors (Lipinski definition) is 0. The van der Waals surface area contributed by atoms with E-state index in [0.29, 0.717) is 25.2 Å². The van der Waals surface area contributed by atoms with E-state index >= 15 is 0 Å². The van der Waals surface area contributed by atoms with Gasteiger partial charge in [-0.15, -0.1) is 11.6 Å². The van der Waals surface area contributed by atoms with Gasteiger partial charge in [0.05, 0.1) is 18.6 Å². The Morgan fingerprint density at radius 2 is 1.85 bits per heavy atom. The van der Waals surface area contributed by atoms with Gasteiger partial charge in [-0.3, -0.25) is 0 Å². The lowest BCUT2D eigenvalue weighted by Crippen LogP contribution is -2.00. The van der Waals surface area contributed by atoms with Gasteiger partial charge in [0.25, 0.3) is 0 Å². The molecule has 0 bridgehead atoms. The van der Waals surface area contributed by atoms with Crippen molar-refractivity contribution in [3.8, 4) is 0 Å². The van der Waals surface area contributed by atoms with E-state index in [9.17, 15) is 8.78 Å². The Labute approximate surface area is 121 Å². The van der Waals surface area contributed by atoms with Crippen LogP contribution in [0.3, 0.4) is 0 Å². The predicted octanol–water partition coefficient (Wildman–Crippen LogP) is 4.52. The van der Waals surface area contributed by atoms with Crippen LogP contribution in [0.4, 0.5) is 8.78 Å². The van der Waals surface area contributed by atoms with Crippen molar-refractivity contribution in [2.45, 2.75) is 25.0 Å². The second-order valence-corrected chi connectivity index (χ2v) is 5.46. The van der Waals surface area contributed by atoms with Gasteiger partial charge in [-0.1, -0.05) is 24.3 Å². The molecular formula is C16H13ClF2O. The Balaban J connectivity index is 1.80. The van der Waals surface area contributed by atoms with Crippen LogP contribution in [-0.4, -0.2) is 0 Å². The van der Waals surface area contributed by atoms with Crippen LogP contribution in [0.5, 0.6) is 0 Å². The van der Waals surface area contributed by atoms with Gasteiger partial charge in [0.15, 0.2) is 0 Å². The lowest BCUT2D eigenvalue weighted by molar-refractivity contribution is 0.134. The summed E-state index contributed by atoms with van der Waals surface area (Å²) >= 11 is 6.35. The van der Waals surface area contributed by atoms with Gasteiger partial charge in [0.1, 0.15) is 11.6 Å². The number of rotatable bonds is 3.